The first-order valence-corrected chi connectivity index (χ1v) is 4.18. The lowest BCUT2D eigenvalue weighted by Crippen LogP contribution is -1.99. The monoisotopic (exact) mass is 196 g/mol. The van der Waals surface area contributed by atoms with Crippen LogP contribution in [0.15, 0.2) is 12.1 Å². The highest BCUT2D eigenvalue weighted by Gasteiger charge is 2.08. The maximum absolute atomic E-state index is 8.75. The van der Waals surface area contributed by atoms with Gasteiger partial charge in [0, 0.05) is 5.02 Å². The molecule has 0 saturated carbocycles. The second kappa shape index (κ2) is 4.01. The van der Waals surface area contributed by atoms with Gasteiger partial charge in [0.15, 0.2) is 5.75 Å². The molecule has 0 fully saturated rings. The molecule has 0 aliphatic carbocycles. The number of nitrogens with zero attached hydrogens (tertiary/aromatic N) is 1. The number of ether oxygens (including phenoxy) is 1. The van der Waals surface area contributed by atoms with Crippen LogP contribution in [0.1, 0.15) is 12.5 Å². The molecule has 0 spiro atoms. The number of benzene rings is 1. The van der Waals surface area contributed by atoms with Gasteiger partial charge in [-0.25, -0.2) is 0 Å². The summed E-state index contributed by atoms with van der Waals surface area (Å²) in [5.41, 5.74) is 6.39. The normalized spacial score (nSPS) is 9.31. The van der Waals surface area contributed by atoms with Crippen LogP contribution >= 0.6 is 11.6 Å². The summed E-state index contributed by atoms with van der Waals surface area (Å²) in [4.78, 5) is 0. The summed E-state index contributed by atoms with van der Waals surface area (Å²) in [7, 11) is 0. The molecule has 0 saturated heterocycles. The molecule has 2 N–H and O–H groups in total. The van der Waals surface area contributed by atoms with E-state index < -0.39 is 0 Å². The van der Waals surface area contributed by atoms with Crippen LogP contribution in [0.25, 0.3) is 0 Å². The third-order valence-electron chi connectivity index (χ3n) is 1.49. The summed E-state index contributed by atoms with van der Waals surface area (Å²) < 4.78 is 5.21. The molecule has 3 nitrogen and oxygen atoms in total. The predicted molar refractivity (Wildman–Crippen MR) is 51.7 cm³/mol. The molecule has 0 atom stereocenters. The van der Waals surface area contributed by atoms with Crippen molar-refractivity contribution in [3.05, 3.63) is 22.7 Å². The highest BCUT2D eigenvalue weighted by Crippen LogP contribution is 2.29. The Morgan fingerprint density at radius 1 is 1.62 bits per heavy atom. The molecule has 1 aromatic rings. The Morgan fingerprint density at radius 3 is 2.85 bits per heavy atom. The van der Waals surface area contributed by atoms with Crippen LogP contribution in [0.2, 0.25) is 5.02 Å². The molecule has 0 aliphatic heterocycles. The lowest BCUT2D eigenvalue weighted by Gasteiger charge is -2.08. The van der Waals surface area contributed by atoms with E-state index in [9.17, 15) is 0 Å². The summed E-state index contributed by atoms with van der Waals surface area (Å²) in [6.07, 6.45) is 0. The van der Waals surface area contributed by atoms with E-state index in [1.807, 2.05) is 13.0 Å². The van der Waals surface area contributed by atoms with Gasteiger partial charge in [-0.2, -0.15) is 5.26 Å². The van der Waals surface area contributed by atoms with E-state index in [0.717, 1.165) is 0 Å². The molecule has 4 heteroatoms. The van der Waals surface area contributed by atoms with Gasteiger partial charge in [0.2, 0.25) is 0 Å². The Kier molecular flexibility index (Phi) is 2.99. The Bertz CT molecular complexity index is 357. The van der Waals surface area contributed by atoms with Crippen molar-refractivity contribution < 1.29 is 4.74 Å². The Hall–Kier alpha value is -1.40. The average molecular weight is 197 g/mol. The van der Waals surface area contributed by atoms with Gasteiger partial charge in [0.25, 0.3) is 0 Å². The molecule has 0 amide bonds. The van der Waals surface area contributed by atoms with E-state index in [1.54, 1.807) is 6.07 Å². The smallest absolute Gasteiger partial charge is 0.159 e. The lowest BCUT2D eigenvalue weighted by atomic mass is 10.2. The van der Waals surface area contributed by atoms with Crippen LogP contribution < -0.4 is 10.5 Å². The second-order valence-corrected chi connectivity index (χ2v) is 2.85. The average Bonchev–Trinajstić information content (AvgIpc) is 2.09. The Labute approximate surface area is 81.7 Å². The van der Waals surface area contributed by atoms with Gasteiger partial charge >= 0.3 is 0 Å². The first-order chi connectivity index (χ1) is 6.19. The van der Waals surface area contributed by atoms with E-state index in [2.05, 4.69) is 0 Å². The molecule has 68 valence electrons. The van der Waals surface area contributed by atoms with Crippen molar-refractivity contribution in [2.75, 3.05) is 12.3 Å². The van der Waals surface area contributed by atoms with Gasteiger partial charge in [0.1, 0.15) is 6.07 Å². The lowest BCUT2D eigenvalue weighted by molar-refractivity contribution is 0.341. The predicted octanol–water partition coefficient (Wildman–Crippen LogP) is 2.19. The second-order valence-electron chi connectivity index (χ2n) is 2.42. The van der Waals surface area contributed by atoms with E-state index in [0.29, 0.717) is 28.6 Å². The fourth-order valence-electron chi connectivity index (χ4n) is 1.00. The van der Waals surface area contributed by atoms with E-state index in [4.69, 9.17) is 27.3 Å². The summed E-state index contributed by atoms with van der Waals surface area (Å²) >= 11 is 5.71. The maximum Gasteiger partial charge on any atom is 0.159 e. The topological polar surface area (TPSA) is 59.0 Å². The van der Waals surface area contributed by atoms with Crippen molar-refractivity contribution in [1.82, 2.24) is 0 Å². The van der Waals surface area contributed by atoms with Crippen molar-refractivity contribution in [3.8, 4) is 11.8 Å². The molecule has 0 bridgehead atoms. The highest BCUT2D eigenvalue weighted by atomic mass is 35.5. The van der Waals surface area contributed by atoms with Gasteiger partial charge in [-0.1, -0.05) is 11.6 Å². The molecule has 1 rings (SSSR count). The summed E-state index contributed by atoms with van der Waals surface area (Å²) in [5.74, 6) is 0.411. The molecule has 0 unspecified atom stereocenters. The van der Waals surface area contributed by atoms with Gasteiger partial charge in [-0.05, 0) is 19.1 Å². The standard InChI is InChI=1S/C9H9ClN2O/c1-2-13-9-6(5-11)3-7(10)4-8(9)12/h3-4H,2,12H2,1H3. The number of halogens is 1. The van der Waals surface area contributed by atoms with Crippen molar-refractivity contribution in [2.45, 2.75) is 6.92 Å². The molecular formula is C9H9ClN2O. The first kappa shape index (κ1) is 9.69. The highest BCUT2D eigenvalue weighted by molar-refractivity contribution is 6.31. The SMILES string of the molecule is CCOc1c(N)cc(Cl)cc1C#N. The van der Waals surface area contributed by atoms with E-state index in [-0.39, 0.29) is 0 Å². The Morgan fingerprint density at radius 2 is 2.31 bits per heavy atom. The van der Waals surface area contributed by atoms with Crippen molar-refractivity contribution in [1.29, 1.82) is 5.26 Å². The minimum Gasteiger partial charge on any atom is -0.490 e. The minimum atomic E-state index is 0.367. The van der Waals surface area contributed by atoms with Crippen molar-refractivity contribution >= 4 is 17.3 Å². The van der Waals surface area contributed by atoms with Gasteiger partial charge in [-0.15, -0.1) is 0 Å². The largest absolute Gasteiger partial charge is 0.490 e. The van der Waals surface area contributed by atoms with Crippen molar-refractivity contribution in [3.63, 3.8) is 0 Å². The summed E-state index contributed by atoms with van der Waals surface area (Å²) in [6, 6.07) is 5.07. The zero-order chi connectivity index (χ0) is 9.84. The fourth-order valence-corrected chi connectivity index (χ4v) is 1.23. The maximum atomic E-state index is 8.75. The fraction of sp³-hybridized carbons (Fsp3) is 0.222. The molecule has 1 aromatic carbocycles. The molecule has 0 heterocycles. The summed E-state index contributed by atoms with van der Waals surface area (Å²) in [6.45, 7) is 2.30. The molecular weight excluding hydrogens is 188 g/mol. The number of anilines is 1. The number of hydrogen-bond donors (Lipinski definition) is 1. The molecule has 0 aromatic heterocycles. The van der Waals surface area contributed by atoms with Gasteiger partial charge in [0.05, 0.1) is 17.9 Å². The minimum absolute atomic E-state index is 0.367. The van der Waals surface area contributed by atoms with Crippen LogP contribution in [0, 0.1) is 11.3 Å². The van der Waals surface area contributed by atoms with E-state index in [1.165, 1.54) is 6.07 Å². The van der Waals surface area contributed by atoms with Gasteiger partial charge in [-0.3, -0.25) is 0 Å². The zero-order valence-electron chi connectivity index (χ0n) is 7.17. The van der Waals surface area contributed by atoms with Crippen molar-refractivity contribution in [2.24, 2.45) is 0 Å². The third kappa shape index (κ3) is 2.04. The van der Waals surface area contributed by atoms with Crippen LogP contribution in [0.4, 0.5) is 5.69 Å². The first-order valence-electron chi connectivity index (χ1n) is 3.81. The number of nitrogens with two attached hydrogens (primary N) is 1. The van der Waals surface area contributed by atoms with Crippen LogP contribution in [-0.2, 0) is 0 Å². The summed E-state index contributed by atoms with van der Waals surface area (Å²) in [5, 5.41) is 9.19. The van der Waals surface area contributed by atoms with Crippen LogP contribution in [-0.4, -0.2) is 6.61 Å². The number of nitriles is 1. The third-order valence-corrected chi connectivity index (χ3v) is 1.71. The quantitative estimate of drug-likeness (QED) is 0.738. The molecule has 0 aliphatic rings. The van der Waals surface area contributed by atoms with Crippen LogP contribution in [0.3, 0.4) is 0 Å². The van der Waals surface area contributed by atoms with E-state index >= 15 is 0 Å². The van der Waals surface area contributed by atoms with Gasteiger partial charge < -0.3 is 10.5 Å². The number of hydrogen-bond acceptors (Lipinski definition) is 3. The van der Waals surface area contributed by atoms with Crippen LogP contribution in [0.5, 0.6) is 5.75 Å². The number of nitrogen functional groups attached to an aromatic ring is 1. The number of rotatable bonds is 2. The zero-order valence-corrected chi connectivity index (χ0v) is 7.93. The molecule has 0 radical (unpaired) electrons. The Balaban J connectivity index is 3.23. The molecule has 13 heavy (non-hydrogen) atoms.